The van der Waals surface area contributed by atoms with Gasteiger partial charge in [-0.1, -0.05) is 13.8 Å². The Morgan fingerprint density at radius 1 is 1.41 bits per heavy atom. The second kappa shape index (κ2) is 6.04. The Labute approximate surface area is 99.7 Å². The molecule has 0 heterocycles. The van der Waals surface area contributed by atoms with Gasteiger partial charge >= 0.3 is 7.82 Å². The third kappa shape index (κ3) is 4.46. The van der Waals surface area contributed by atoms with Crippen molar-refractivity contribution in [2.45, 2.75) is 44.8 Å². The van der Waals surface area contributed by atoms with Crippen LogP contribution >= 0.6 is 7.82 Å². The van der Waals surface area contributed by atoms with Crippen LogP contribution in [0.2, 0.25) is 0 Å². The number of ketones is 1. The molecular formula is C9H19O7P. The number of rotatable bonds is 4. The monoisotopic (exact) mass is 270 g/mol. The topological polar surface area (TPSA) is 124 Å². The van der Waals surface area contributed by atoms with Crippen molar-refractivity contribution in [3.8, 4) is 0 Å². The number of hydrogen-bond donors (Lipinski definition) is 4. The van der Waals surface area contributed by atoms with E-state index in [1.165, 1.54) is 0 Å². The van der Waals surface area contributed by atoms with Crippen LogP contribution in [-0.4, -0.2) is 44.1 Å². The lowest BCUT2D eigenvalue weighted by Crippen LogP contribution is -2.52. The van der Waals surface area contributed by atoms with E-state index in [-0.39, 0.29) is 20.3 Å². The van der Waals surface area contributed by atoms with Crippen molar-refractivity contribution < 1.29 is 33.9 Å². The Balaban J connectivity index is 0.00000256. The summed E-state index contributed by atoms with van der Waals surface area (Å²) in [6.45, 7) is -0.905. The van der Waals surface area contributed by atoms with E-state index in [0.29, 0.717) is 12.8 Å². The second-order valence-electron chi connectivity index (χ2n) is 3.87. The maximum absolute atomic E-state index is 11.5. The Bertz CT molecular complexity index is 312. The fourth-order valence-corrected chi connectivity index (χ4v) is 2.02. The SMILES string of the molecule is C.O=C(COP(=O)(O)O)C1(O)CCCCC1O. The lowest BCUT2D eigenvalue weighted by atomic mass is 9.79. The first-order valence-corrected chi connectivity index (χ1v) is 6.42. The van der Waals surface area contributed by atoms with Gasteiger partial charge in [0.15, 0.2) is 11.4 Å². The van der Waals surface area contributed by atoms with Gasteiger partial charge < -0.3 is 20.0 Å². The van der Waals surface area contributed by atoms with Crippen molar-refractivity contribution in [2.75, 3.05) is 6.61 Å². The summed E-state index contributed by atoms with van der Waals surface area (Å²) in [4.78, 5) is 28.3. The molecule has 4 N–H and O–H groups in total. The van der Waals surface area contributed by atoms with E-state index in [9.17, 15) is 19.6 Å². The van der Waals surface area contributed by atoms with Crippen molar-refractivity contribution in [3.05, 3.63) is 0 Å². The van der Waals surface area contributed by atoms with Gasteiger partial charge in [0.25, 0.3) is 0 Å². The predicted octanol–water partition coefficient (Wildman–Crippen LogP) is -0.0331. The summed E-state index contributed by atoms with van der Waals surface area (Å²) >= 11 is 0. The van der Waals surface area contributed by atoms with Gasteiger partial charge in [-0.2, -0.15) is 0 Å². The molecule has 1 aliphatic rings. The zero-order chi connectivity index (χ0) is 12.4. The molecule has 0 radical (unpaired) electrons. The van der Waals surface area contributed by atoms with Crippen molar-refractivity contribution in [2.24, 2.45) is 0 Å². The summed E-state index contributed by atoms with van der Waals surface area (Å²) in [5.41, 5.74) is -1.94. The molecule has 0 aliphatic heterocycles. The molecule has 0 aromatic heterocycles. The van der Waals surface area contributed by atoms with Crippen LogP contribution in [0.1, 0.15) is 33.1 Å². The average Bonchev–Trinajstić information content (AvgIpc) is 2.18. The van der Waals surface area contributed by atoms with Crippen LogP contribution in [0.5, 0.6) is 0 Å². The van der Waals surface area contributed by atoms with E-state index < -0.39 is 31.9 Å². The third-order valence-electron chi connectivity index (χ3n) is 2.68. The number of aliphatic hydroxyl groups is 2. The molecule has 2 atom stereocenters. The molecular weight excluding hydrogens is 251 g/mol. The summed E-state index contributed by atoms with van der Waals surface area (Å²) in [5.74, 6) is -0.900. The molecule has 0 amide bonds. The Morgan fingerprint density at radius 2 is 2.00 bits per heavy atom. The van der Waals surface area contributed by atoms with Gasteiger partial charge in [0.2, 0.25) is 0 Å². The highest BCUT2D eigenvalue weighted by Gasteiger charge is 2.44. The molecule has 102 valence electrons. The van der Waals surface area contributed by atoms with E-state index in [1.807, 2.05) is 0 Å². The Morgan fingerprint density at radius 3 is 2.47 bits per heavy atom. The normalized spacial score (nSPS) is 29.5. The number of hydrogen-bond acceptors (Lipinski definition) is 5. The highest BCUT2D eigenvalue weighted by Crippen LogP contribution is 2.37. The molecule has 8 heteroatoms. The molecule has 1 rings (SSSR count). The number of Topliss-reactive ketones (excluding diaryl/α,β-unsaturated/α-hetero) is 1. The van der Waals surface area contributed by atoms with Gasteiger partial charge in [0, 0.05) is 0 Å². The van der Waals surface area contributed by atoms with Gasteiger partial charge in [0.1, 0.15) is 6.61 Å². The highest BCUT2D eigenvalue weighted by molar-refractivity contribution is 7.46. The van der Waals surface area contributed by atoms with E-state index >= 15 is 0 Å². The highest BCUT2D eigenvalue weighted by atomic mass is 31.2. The van der Waals surface area contributed by atoms with Crippen LogP contribution < -0.4 is 0 Å². The molecule has 0 bridgehead atoms. The fourth-order valence-electron chi connectivity index (χ4n) is 1.73. The van der Waals surface area contributed by atoms with E-state index in [2.05, 4.69) is 4.52 Å². The fraction of sp³-hybridized carbons (Fsp3) is 0.889. The lowest BCUT2D eigenvalue weighted by Gasteiger charge is -2.35. The van der Waals surface area contributed by atoms with Gasteiger partial charge in [-0.25, -0.2) is 4.57 Å². The summed E-state index contributed by atoms with van der Waals surface area (Å²) in [7, 11) is -4.73. The average molecular weight is 270 g/mol. The van der Waals surface area contributed by atoms with Crippen molar-refractivity contribution in [1.82, 2.24) is 0 Å². The number of phosphoric ester groups is 1. The number of carbonyl (C=O) groups excluding carboxylic acids is 1. The summed E-state index contributed by atoms with van der Waals surface area (Å²) in [5, 5.41) is 19.4. The van der Waals surface area contributed by atoms with Crippen LogP contribution in [0.15, 0.2) is 0 Å². The lowest BCUT2D eigenvalue weighted by molar-refractivity contribution is -0.158. The van der Waals surface area contributed by atoms with Crippen molar-refractivity contribution in [1.29, 1.82) is 0 Å². The van der Waals surface area contributed by atoms with Crippen molar-refractivity contribution in [3.63, 3.8) is 0 Å². The van der Waals surface area contributed by atoms with Gasteiger partial charge in [-0.15, -0.1) is 0 Å². The molecule has 1 saturated carbocycles. The molecule has 2 unspecified atom stereocenters. The third-order valence-corrected chi connectivity index (χ3v) is 3.15. The summed E-state index contributed by atoms with van der Waals surface area (Å²) in [6, 6.07) is 0. The molecule has 1 aliphatic carbocycles. The minimum Gasteiger partial charge on any atom is -0.390 e. The smallest absolute Gasteiger partial charge is 0.390 e. The molecule has 7 nitrogen and oxygen atoms in total. The van der Waals surface area contributed by atoms with E-state index in [1.54, 1.807) is 0 Å². The van der Waals surface area contributed by atoms with E-state index in [0.717, 1.165) is 0 Å². The number of aliphatic hydroxyl groups excluding tert-OH is 1. The molecule has 17 heavy (non-hydrogen) atoms. The van der Waals surface area contributed by atoms with Crippen LogP contribution in [0.25, 0.3) is 0 Å². The van der Waals surface area contributed by atoms with Crippen LogP contribution in [0, 0.1) is 0 Å². The molecule has 1 fully saturated rings. The van der Waals surface area contributed by atoms with Crippen molar-refractivity contribution >= 4 is 13.6 Å². The molecule has 0 saturated heterocycles. The maximum Gasteiger partial charge on any atom is 0.470 e. The Hall–Kier alpha value is -0.300. The van der Waals surface area contributed by atoms with E-state index in [4.69, 9.17) is 9.79 Å². The quantitative estimate of drug-likeness (QED) is 0.528. The summed E-state index contributed by atoms with van der Waals surface area (Å²) < 4.78 is 14.4. The number of carbonyl (C=O) groups is 1. The molecule has 0 aromatic carbocycles. The second-order valence-corrected chi connectivity index (χ2v) is 5.11. The number of phosphoric acid groups is 1. The minimum atomic E-state index is -4.73. The Kier molecular flexibility index (Phi) is 5.93. The van der Waals surface area contributed by atoms with Crippen LogP contribution in [0.3, 0.4) is 0 Å². The van der Waals surface area contributed by atoms with Crippen LogP contribution in [0.4, 0.5) is 0 Å². The first-order chi connectivity index (χ1) is 7.26. The van der Waals surface area contributed by atoms with Gasteiger partial charge in [-0.3, -0.25) is 9.32 Å². The van der Waals surface area contributed by atoms with Gasteiger partial charge in [0.05, 0.1) is 6.10 Å². The molecule has 0 spiro atoms. The first kappa shape index (κ1) is 16.7. The zero-order valence-corrected chi connectivity index (χ0v) is 9.47. The van der Waals surface area contributed by atoms with Gasteiger partial charge in [-0.05, 0) is 19.3 Å². The maximum atomic E-state index is 11.5. The minimum absolute atomic E-state index is 0. The first-order valence-electron chi connectivity index (χ1n) is 4.89. The standard InChI is InChI=1S/C8H15O7P.CH4/c9-6-3-1-2-4-8(6,11)7(10)5-15-16(12,13)14;/h6,9,11H,1-5H2,(H2,12,13,14);1H4. The van der Waals surface area contributed by atoms with Crippen LogP contribution in [-0.2, 0) is 13.9 Å². The zero-order valence-electron chi connectivity index (χ0n) is 8.57. The molecule has 0 aromatic rings. The summed E-state index contributed by atoms with van der Waals surface area (Å²) in [6.07, 6.45) is 0.454. The predicted molar refractivity (Wildman–Crippen MR) is 59.2 cm³/mol. The largest absolute Gasteiger partial charge is 0.470 e.